The number of likely N-dealkylation sites (tertiary alicyclic amines) is 1. The number of piperidine rings is 1. The van der Waals surface area contributed by atoms with E-state index in [-0.39, 0.29) is 18.3 Å². The molecule has 1 saturated heterocycles. The Morgan fingerprint density at radius 1 is 1.41 bits per heavy atom. The third kappa shape index (κ3) is 2.94. The lowest BCUT2D eigenvalue weighted by Crippen LogP contribution is -2.47. The van der Waals surface area contributed by atoms with Crippen LogP contribution in [0.3, 0.4) is 0 Å². The Balaban J connectivity index is 0.00000176. The van der Waals surface area contributed by atoms with E-state index < -0.39 is 0 Å². The zero-order chi connectivity index (χ0) is 15.0. The molecule has 2 aromatic rings. The minimum atomic E-state index is 0. The van der Waals surface area contributed by atoms with Crippen LogP contribution in [-0.4, -0.2) is 51.6 Å². The number of hydrogen-bond acceptors (Lipinski definition) is 4. The molecule has 22 heavy (non-hydrogen) atoms. The molecule has 1 atom stereocenters. The molecule has 120 valence electrons. The highest BCUT2D eigenvalue weighted by atomic mass is 35.5. The number of hydrogen-bond donors (Lipinski definition) is 1. The van der Waals surface area contributed by atoms with Gasteiger partial charge in [-0.15, -0.1) is 12.4 Å². The molecule has 0 saturated carbocycles. The molecule has 0 aromatic carbocycles. The van der Waals surface area contributed by atoms with Gasteiger partial charge in [0.15, 0.2) is 5.65 Å². The van der Waals surface area contributed by atoms with E-state index in [4.69, 9.17) is 0 Å². The number of rotatable bonds is 2. The zero-order valence-electron chi connectivity index (χ0n) is 13.2. The average molecular weight is 324 g/mol. The Kier molecular flexibility index (Phi) is 5.03. The summed E-state index contributed by atoms with van der Waals surface area (Å²) < 4.78 is 1.75. The fraction of sp³-hybridized carbons (Fsp3) is 0.533. The van der Waals surface area contributed by atoms with E-state index in [9.17, 15) is 4.79 Å². The molecule has 3 rings (SSSR count). The highest BCUT2D eigenvalue weighted by Gasteiger charge is 2.25. The normalized spacial score (nSPS) is 18.3. The van der Waals surface area contributed by atoms with E-state index in [0.717, 1.165) is 43.0 Å². The van der Waals surface area contributed by atoms with Gasteiger partial charge in [-0.2, -0.15) is 5.10 Å². The summed E-state index contributed by atoms with van der Waals surface area (Å²) in [6.45, 7) is 5.42. The van der Waals surface area contributed by atoms with Crippen LogP contribution < -0.4 is 5.32 Å². The highest BCUT2D eigenvalue weighted by Crippen LogP contribution is 2.17. The van der Waals surface area contributed by atoms with Crippen molar-refractivity contribution in [3.05, 3.63) is 29.2 Å². The first-order chi connectivity index (χ1) is 10.1. The van der Waals surface area contributed by atoms with Crippen LogP contribution in [0.15, 0.2) is 12.3 Å². The van der Waals surface area contributed by atoms with Crippen LogP contribution in [0.5, 0.6) is 0 Å². The van der Waals surface area contributed by atoms with Crippen molar-refractivity contribution < 1.29 is 4.79 Å². The molecule has 1 fully saturated rings. The molecule has 6 nitrogen and oxygen atoms in total. The molecule has 1 unspecified atom stereocenters. The van der Waals surface area contributed by atoms with Crippen LogP contribution in [0.25, 0.3) is 5.65 Å². The molecular weight excluding hydrogens is 302 g/mol. The molecule has 0 aliphatic carbocycles. The van der Waals surface area contributed by atoms with Gasteiger partial charge in [-0.1, -0.05) is 0 Å². The Morgan fingerprint density at radius 2 is 2.18 bits per heavy atom. The van der Waals surface area contributed by atoms with Gasteiger partial charge >= 0.3 is 0 Å². The number of amides is 1. The van der Waals surface area contributed by atoms with Crippen LogP contribution in [-0.2, 0) is 0 Å². The Hall–Kier alpha value is -1.66. The first-order valence-corrected chi connectivity index (χ1v) is 7.38. The number of carbonyl (C=O) groups excluding carboxylic acids is 1. The number of likely N-dealkylation sites (N-methyl/N-ethyl adjacent to an activating group) is 1. The van der Waals surface area contributed by atoms with E-state index >= 15 is 0 Å². The van der Waals surface area contributed by atoms with E-state index in [1.165, 1.54) is 0 Å². The fourth-order valence-corrected chi connectivity index (χ4v) is 2.94. The summed E-state index contributed by atoms with van der Waals surface area (Å²) in [4.78, 5) is 19.0. The Morgan fingerprint density at radius 3 is 2.91 bits per heavy atom. The molecule has 1 N–H and O–H groups in total. The second-order valence-corrected chi connectivity index (χ2v) is 5.69. The van der Waals surface area contributed by atoms with Crippen molar-refractivity contribution in [3.63, 3.8) is 0 Å². The predicted molar refractivity (Wildman–Crippen MR) is 87.7 cm³/mol. The maximum Gasteiger partial charge on any atom is 0.257 e. The third-order valence-corrected chi connectivity index (χ3v) is 4.19. The van der Waals surface area contributed by atoms with Gasteiger partial charge in [0.05, 0.1) is 17.0 Å². The molecule has 0 bridgehead atoms. The van der Waals surface area contributed by atoms with Crippen LogP contribution >= 0.6 is 12.4 Å². The molecule has 2 aromatic heterocycles. The van der Waals surface area contributed by atoms with Crippen molar-refractivity contribution in [3.8, 4) is 0 Å². The average Bonchev–Trinajstić information content (AvgIpc) is 2.88. The first kappa shape index (κ1) is 16.7. The van der Waals surface area contributed by atoms with Gasteiger partial charge in [-0.3, -0.25) is 4.79 Å². The molecule has 1 amide bonds. The minimum absolute atomic E-state index is 0. The number of halogens is 1. The summed E-state index contributed by atoms with van der Waals surface area (Å²) in [5.74, 6) is 0.0509. The minimum Gasteiger partial charge on any atom is -0.337 e. The number of aryl methyl sites for hydroxylation is 2. The number of nitrogens with one attached hydrogen (secondary N) is 1. The van der Waals surface area contributed by atoms with Crippen LogP contribution in [0.4, 0.5) is 0 Å². The van der Waals surface area contributed by atoms with Crippen LogP contribution in [0.2, 0.25) is 0 Å². The smallest absolute Gasteiger partial charge is 0.257 e. The van der Waals surface area contributed by atoms with E-state index in [1.807, 2.05) is 31.9 Å². The topological polar surface area (TPSA) is 62.5 Å². The van der Waals surface area contributed by atoms with Crippen LogP contribution in [0, 0.1) is 13.8 Å². The largest absolute Gasteiger partial charge is 0.337 e. The van der Waals surface area contributed by atoms with Crippen molar-refractivity contribution in [1.29, 1.82) is 0 Å². The van der Waals surface area contributed by atoms with Crippen molar-refractivity contribution in [2.75, 3.05) is 20.1 Å². The molecule has 0 spiro atoms. The lowest BCUT2D eigenvalue weighted by molar-refractivity contribution is 0.0696. The first-order valence-electron chi connectivity index (χ1n) is 7.38. The lowest BCUT2D eigenvalue weighted by Gasteiger charge is -2.32. The fourth-order valence-electron chi connectivity index (χ4n) is 2.94. The second-order valence-electron chi connectivity index (χ2n) is 5.69. The Bertz CT molecular complexity index is 684. The van der Waals surface area contributed by atoms with E-state index in [1.54, 1.807) is 10.7 Å². The molecule has 1 aliphatic rings. The summed E-state index contributed by atoms with van der Waals surface area (Å²) in [5, 5.41) is 7.66. The van der Waals surface area contributed by atoms with E-state index in [2.05, 4.69) is 15.4 Å². The molecule has 3 heterocycles. The van der Waals surface area contributed by atoms with Gasteiger partial charge in [0.2, 0.25) is 0 Å². The molecule has 0 radical (unpaired) electrons. The SMILES string of the molecule is CNC1CCCN(C(=O)c2cnc3cc(C)nn3c2C)C1.Cl. The number of nitrogens with zero attached hydrogens (tertiary/aromatic N) is 4. The molecular formula is C15H22ClN5O. The molecule has 7 heteroatoms. The zero-order valence-corrected chi connectivity index (χ0v) is 14.0. The van der Waals surface area contributed by atoms with E-state index in [0.29, 0.717) is 11.6 Å². The number of fused-ring (bicyclic) bond motifs is 1. The summed E-state index contributed by atoms with van der Waals surface area (Å²) >= 11 is 0. The number of carbonyl (C=O) groups is 1. The quantitative estimate of drug-likeness (QED) is 0.911. The summed E-state index contributed by atoms with van der Waals surface area (Å²) in [5.41, 5.74) is 3.18. The maximum absolute atomic E-state index is 12.7. The number of aromatic nitrogens is 3. The monoisotopic (exact) mass is 323 g/mol. The second kappa shape index (κ2) is 6.62. The maximum atomic E-state index is 12.7. The van der Waals surface area contributed by atoms with Gasteiger partial charge < -0.3 is 10.2 Å². The summed E-state index contributed by atoms with van der Waals surface area (Å²) in [6.07, 6.45) is 3.83. The third-order valence-electron chi connectivity index (χ3n) is 4.19. The van der Waals surface area contributed by atoms with Gasteiger partial charge in [0.25, 0.3) is 5.91 Å². The standard InChI is InChI=1S/C15H21N5O.ClH/c1-10-7-14-17-8-13(11(2)20(14)18-10)15(21)19-6-4-5-12(9-19)16-3;/h7-8,12,16H,4-6,9H2,1-3H3;1H. The van der Waals surface area contributed by atoms with Crippen molar-refractivity contribution in [1.82, 2.24) is 24.8 Å². The Labute approximate surface area is 136 Å². The van der Waals surface area contributed by atoms with Gasteiger partial charge in [0, 0.05) is 31.4 Å². The van der Waals surface area contributed by atoms with Crippen molar-refractivity contribution in [2.24, 2.45) is 0 Å². The van der Waals surface area contributed by atoms with Gasteiger partial charge in [-0.05, 0) is 33.7 Å². The van der Waals surface area contributed by atoms with Crippen LogP contribution in [0.1, 0.15) is 34.6 Å². The molecule has 1 aliphatic heterocycles. The summed E-state index contributed by atoms with van der Waals surface area (Å²) in [6, 6.07) is 2.30. The van der Waals surface area contributed by atoms with Crippen molar-refractivity contribution >= 4 is 24.0 Å². The predicted octanol–water partition coefficient (Wildman–Crippen LogP) is 1.59. The highest BCUT2D eigenvalue weighted by molar-refractivity contribution is 5.95. The lowest BCUT2D eigenvalue weighted by atomic mass is 10.0. The van der Waals surface area contributed by atoms with Crippen molar-refractivity contribution in [2.45, 2.75) is 32.7 Å². The van der Waals surface area contributed by atoms with Gasteiger partial charge in [-0.25, -0.2) is 9.50 Å². The summed E-state index contributed by atoms with van der Waals surface area (Å²) in [7, 11) is 1.95. The van der Waals surface area contributed by atoms with Gasteiger partial charge in [0.1, 0.15) is 0 Å².